The van der Waals surface area contributed by atoms with Gasteiger partial charge < -0.3 is 0 Å². The predicted molar refractivity (Wildman–Crippen MR) is 92.1 cm³/mol. The van der Waals surface area contributed by atoms with Crippen molar-refractivity contribution in [3.63, 3.8) is 0 Å². The van der Waals surface area contributed by atoms with E-state index in [4.69, 9.17) is 23.2 Å². The summed E-state index contributed by atoms with van der Waals surface area (Å²) in [6.07, 6.45) is -2.36. The Hall–Kier alpha value is -2.32. The second-order valence-corrected chi connectivity index (χ2v) is 5.86. The van der Waals surface area contributed by atoms with Crippen LogP contribution in [0.15, 0.2) is 39.9 Å². The van der Waals surface area contributed by atoms with Crippen LogP contribution in [0.1, 0.15) is 11.3 Å². The highest BCUT2D eigenvalue weighted by atomic mass is 35.5. The van der Waals surface area contributed by atoms with Crippen LogP contribution in [0.2, 0.25) is 5.02 Å². The number of aromatic nitrogens is 2. The first-order valence-electron chi connectivity index (χ1n) is 7.03. The lowest BCUT2D eigenvalue weighted by Crippen LogP contribution is -2.40. The van der Waals surface area contributed by atoms with E-state index in [0.717, 1.165) is 13.1 Å². The molecule has 138 valence electrons. The standard InChI is InChI=1S/C16H11Cl2F3N2O3/c1-22-13(16(19,20)21)7-14(25)23(15(22)26)10-3-5-12(18)9(6-10)2-4-11(24)8-17/h2-7H,8H2,1H3/b4-2+. The Morgan fingerprint density at radius 2 is 1.88 bits per heavy atom. The Morgan fingerprint density at radius 3 is 2.46 bits per heavy atom. The molecule has 0 amide bonds. The maximum Gasteiger partial charge on any atom is 0.431 e. The van der Waals surface area contributed by atoms with Gasteiger partial charge in [-0.05, 0) is 35.9 Å². The monoisotopic (exact) mass is 406 g/mol. The summed E-state index contributed by atoms with van der Waals surface area (Å²) in [6.45, 7) is 0. The zero-order valence-corrected chi connectivity index (χ0v) is 14.7. The van der Waals surface area contributed by atoms with Crippen LogP contribution in [0.25, 0.3) is 11.8 Å². The number of carbonyl (C=O) groups is 1. The number of halogens is 5. The molecule has 1 heterocycles. The number of carbonyl (C=O) groups excluding carboxylic acids is 1. The molecule has 0 fully saturated rings. The van der Waals surface area contributed by atoms with Crippen molar-refractivity contribution in [2.75, 3.05) is 5.88 Å². The summed E-state index contributed by atoms with van der Waals surface area (Å²) in [5, 5.41) is 0.212. The molecule has 0 bridgehead atoms. The van der Waals surface area contributed by atoms with Crippen molar-refractivity contribution in [2.24, 2.45) is 7.05 Å². The van der Waals surface area contributed by atoms with Gasteiger partial charge in [0.25, 0.3) is 5.56 Å². The molecule has 0 saturated carbocycles. The van der Waals surface area contributed by atoms with Crippen molar-refractivity contribution in [3.05, 3.63) is 67.5 Å². The third-order valence-electron chi connectivity index (χ3n) is 3.43. The molecule has 0 aliphatic rings. The Morgan fingerprint density at radius 1 is 1.23 bits per heavy atom. The van der Waals surface area contributed by atoms with Gasteiger partial charge in [-0.2, -0.15) is 13.2 Å². The molecule has 26 heavy (non-hydrogen) atoms. The zero-order valence-electron chi connectivity index (χ0n) is 13.2. The summed E-state index contributed by atoms with van der Waals surface area (Å²) in [7, 11) is 0.914. The highest BCUT2D eigenvalue weighted by Crippen LogP contribution is 2.27. The fraction of sp³-hybridized carbons (Fsp3) is 0.188. The molecule has 2 aromatic rings. The lowest BCUT2D eigenvalue weighted by Gasteiger charge is -2.14. The molecule has 1 aromatic carbocycles. The first-order chi connectivity index (χ1) is 12.1. The molecule has 0 saturated heterocycles. The molecular formula is C16H11Cl2F3N2O3. The molecular weight excluding hydrogens is 396 g/mol. The lowest BCUT2D eigenvalue weighted by molar-refractivity contribution is -0.144. The molecule has 0 spiro atoms. The molecule has 0 atom stereocenters. The third-order valence-corrected chi connectivity index (χ3v) is 4.04. The summed E-state index contributed by atoms with van der Waals surface area (Å²) < 4.78 is 39.6. The number of alkyl halides is 4. The molecule has 2 rings (SSSR count). The van der Waals surface area contributed by atoms with Crippen LogP contribution in [-0.2, 0) is 18.0 Å². The summed E-state index contributed by atoms with van der Waals surface area (Å²) in [5.74, 6) is -0.636. The van der Waals surface area contributed by atoms with Gasteiger partial charge >= 0.3 is 11.9 Å². The van der Waals surface area contributed by atoms with Crippen molar-refractivity contribution in [1.29, 1.82) is 0 Å². The summed E-state index contributed by atoms with van der Waals surface area (Å²) in [4.78, 5) is 35.6. The Kier molecular flexibility index (Phi) is 5.77. The summed E-state index contributed by atoms with van der Waals surface area (Å²) >= 11 is 11.4. The lowest BCUT2D eigenvalue weighted by atomic mass is 10.1. The number of benzene rings is 1. The predicted octanol–water partition coefficient (Wildman–Crippen LogP) is 3.03. The number of hydrogen-bond acceptors (Lipinski definition) is 3. The van der Waals surface area contributed by atoms with Crippen LogP contribution < -0.4 is 11.2 Å². The topological polar surface area (TPSA) is 61.1 Å². The maximum absolute atomic E-state index is 12.9. The van der Waals surface area contributed by atoms with E-state index in [1.54, 1.807) is 0 Å². The van der Waals surface area contributed by atoms with E-state index >= 15 is 0 Å². The fourth-order valence-electron chi connectivity index (χ4n) is 2.16. The highest BCUT2D eigenvalue weighted by Gasteiger charge is 2.35. The molecule has 1 aromatic heterocycles. The van der Waals surface area contributed by atoms with Crippen LogP contribution in [0.3, 0.4) is 0 Å². The zero-order chi connectivity index (χ0) is 19.6. The second kappa shape index (κ2) is 7.51. The van der Waals surface area contributed by atoms with E-state index < -0.39 is 28.9 Å². The van der Waals surface area contributed by atoms with Crippen LogP contribution in [-0.4, -0.2) is 20.8 Å². The van der Waals surface area contributed by atoms with Crippen molar-refractivity contribution in [1.82, 2.24) is 9.13 Å². The summed E-state index contributed by atoms with van der Waals surface area (Å²) in [6, 6.07) is 4.29. The minimum atomic E-state index is -4.85. The fourth-order valence-corrected chi connectivity index (χ4v) is 2.43. The van der Waals surface area contributed by atoms with Gasteiger partial charge in [0.05, 0.1) is 11.6 Å². The van der Waals surface area contributed by atoms with Gasteiger partial charge in [0.15, 0.2) is 5.78 Å². The molecule has 0 unspecified atom stereocenters. The second-order valence-electron chi connectivity index (χ2n) is 5.18. The molecule has 5 nitrogen and oxygen atoms in total. The van der Waals surface area contributed by atoms with E-state index in [9.17, 15) is 27.6 Å². The van der Waals surface area contributed by atoms with Crippen LogP contribution >= 0.6 is 23.2 Å². The first kappa shape index (κ1) is 20.0. The average Bonchev–Trinajstić information content (AvgIpc) is 2.57. The van der Waals surface area contributed by atoms with Crippen molar-refractivity contribution in [2.45, 2.75) is 6.18 Å². The average molecular weight is 407 g/mol. The largest absolute Gasteiger partial charge is 0.431 e. The molecule has 0 aliphatic heterocycles. The minimum Gasteiger partial charge on any atom is -0.294 e. The van der Waals surface area contributed by atoms with Gasteiger partial charge in [-0.3, -0.25) is 14.2 Å². The number of nitrogens with zero attached hydrogens (tertiary/aromatic N) is 2. The minimum absolute atomic E-state index is 0.00620. The van der Waals surface area contributed by atoms with Gasteiger partial charge in [0.1, 0.15) is 5.69 Å². The molecule has 10 heteroatoms. The maximum atomic E-state index is 12.9. The van der Waals surface area contributed by atoms with Crippen LogP contribution in [0.4, 0.5) is 13.2 Å². The quantitative estimate of drug-likeness (QED) is 0.579. The normalized spacial score (nSPS) is 11.9. The SMILES string of the molecule is Cn1c(C(F)(F)F)cc(=O)n(-c2ccc(Cl)c(/C=C/C(=O)CCl)c2)c1=O. The van der Waals surface area contributed by atoms with Gasteiger partial charge in [0.2, 0.25) is 0 Å². The van der Waals surface area contributed by atoms with E-state index in [2.05, 4.69) is 0 Å². The van der Waals surface area contributed by atoms with E-state index in [0.29, 0.717) is 15.2 Å². The first-order valence-corrected chi connectivity index (χ1v) is 7.94. The smallest absolute Gasteiger partial charge is 0.294 e. The Bertz CT molecular complexity index is 1010. The molecule has 0 radical (unpaired) electrons. The summed E-state index contributed by atoms with van der Waals surface area (Å²) in [5.41, 5.74) is -3.37. The van der Waals surface area contributed by atoms with Crippen molar-refractivity contribution in [3.8, 4) is 5.69 Å². The third kappa shape index (κ3) is 4.08. The van der Waals surface area contributed by atoms with Crippen molar-refractivity contribution < 1.29 is 18.0 Å². The number of rotatable bonds is 4. The number of hydrogen-bond donors (Lipinski definition) is 0. The Labute approximate surface area is 154 Å². The van der Waals surface area contributed by atoms with E-state index in [1.165, 1.54) is 24.3 Å². The number of ketones is 1. The molecule has 0 aliphatic carbocycles. The molecule has 0 N–H and O–H groups in total. The Balaban J connectivity index is 2.65. The van der Waals surface area contributed by atoms with Crippen LogP contribution in [0, 0.1) is 0 Å². The van der Waals surface area contributed by atoms with E-state index in [-0.39, 0.29) is 22.2 Å². The van der Waals surface area contributed by atoms with Gasteiger partial charge in [-0.15, -0.1) is 11.6 Å². The van der Waals surface area contributed by atoms with Gasteiger partial charge in [-0.1, -0.05) is 11.6 Å². The highest BCUT2D eigenvalue weighted by molar-refractivity contribution is 6.32. The van der Waals surface area contributed by atoms with Gasteiger partial charge in [-0.25, -0.2) is 9.36 Å². The van der Waals surface area contributed by atoms with E-state index in [1.807, 2.05) is 0 Å². The van der Waals surface area contributed by atoms with Crippen molar-refractivity contribution >= 4 is 35.1 Å². The van der Waals surface area contributed by atoms with Gasteiger partial charge in [0, 0.05) is 18.1 Å². The van der Waals surface area contributed by atoms with Crippen LogP contribution in [0.5, 0.6) is 0 Å². The number of allylic oxidation sites excluding steroid dienone is 1.